The highest BCUT2D eigenvalue weighted by Crippen LogP contribution is 1.93. The van der Waals surface area contributed by atoms with E-state index in [0.29, 0.717) is 6.61 Å². The summed E-state index contributed by atoms with van der Waals surface area (Å²) in [5, 5.41) is 34.8. The lowest BCUT2D eigenvalue weighted by Gasteiger charge is -2.15. The molecule has 0 aliphatic heterocycles. The predicted molar refractivity (Wildman–Crippen MR) is 47.8 cm³/mol. The first-order chi connectivity index (χ1) is 6.72. The van der Waals surface area contributed by atoms with Crippen molar-refractivity contribution in [3.8, 4) is 0 Å². The van der Waals surface area contributed by atoms with E-state index in [4.69, 9.17) is 29.9 Å². The summed E-state index contributed by atoms with van der Waals surface area (Å²) in [6.45, 7) is 0.268. The second kappa shape index (κ2) is 9.32. The molecule has 0 bridgehead atoms. The van der Waals surface area contributed by atoms with Crippen molar-refractivity contribution in [2.45, 2.75) is 12.2 Å². The first kappa shape index (κ1) is 13.8. The van der Waals surface area contributed by atoms with E-state index in [1.807, 2.05) is 0 Å². The molecule has 0 saturated carbocycles. The van der Waals surface area contributed by atoms with Crippen molar-refractivity contribution in [2.24, 2.45) is 0 Å². The summed E-state index contributed by atoms with van der Waals surface area (Å²) >= 11 is 0. The Bertz CT molecular complexity index is 120. The topological polar surface area (TPSA) is 99.4 Å². The van der Waals surface area contributed by atoms with Crippen LogP contribution >= 0.6 is 0 Å². The van der Waals surface area contributed by atoms with Crippen molar-refractivity contribution >= 4 is 0 Å². The molecule has 0 heterocycles. The summed E-state index contributed by atoms with van der Waals surface area (Å²) < 4.78 is 9.82. The van der Waals surface area contributed by atoms with E-state index in [9.17, 15) is 0 Å². The van der Waals surface area contributed by atoms with E-state index in [1.54, 1.807) is 0 Å². The lowest BCUT2D eigenvalue weighted by atomic mass is 10.2. The largest absolute Gasteiger partial charge is 0.394 e. The zero-order valence-corrected chi connectivity index (χ0v) is 8.00. The van der Waals surface area contributed by atoms with Gasteiger partial charge < -0.3 is 29.9 Å². The van der Waals surface area contributed by atoms with Crippen LogP contribution in [-0.4, -0.2) is 72.3 Å². The van der Waals surface area contributed by atoms with Gasteiger partial charge in [0.2, 0.25) is 0 Å². The van der Waals surface area contributed by atoms with E-state index in [0.717, 1.165) is 0 Å². The maximum absolute atomic E-state index is 9.10. The Morgan fingerprint density at radius 1 is 0.857 bits per heavy atom. The summed E-state index contributed by atoms with van der Waals surface area (Å²) in [5.41, 5.74) is 0. The average Bonchev–Trinajstić information content (AvgIpc) is 2.21. The molecule has 0 rings (SSSR count). The summed E-state index contributed by atoms with van der Waals surface area (Å²) in [6, 6.07) is 0. The number of ether oxygens (including phenoxy) is 2. The fourth-order valence-corrected chi connectivity index (χ4v) is 0.721. The van der Waals surface area contributed by atoms with Crippen LogP contribution in [0.1, 0.15) is 0 Å². The molecule has 0 fully saturated rings. The Morgan fingerprint density at radius 3 is 2.07 bits per heavy atom. The van der Waals surface area contributed by atoms with Crippen molar-refractivity contribution in [3.63, 3.8) is 0 Å². The lowest BCUT2D eigenvalue weighted by Crippen LogP contribution is -2.33. The van der Waals surface area contributed by atoms with E-state index >= 15 is 0 Å². The molecule has 0 amide bonds. The normalized spacial score (nSPS) is 15.4. The van der Waals surface area contributed by atoms with Crippen LogP contribution in [0.25, 0.3) is 0 Å². The molecule has 6 nitrogen and oxygen atoms in total. The average molecular weight is 210 g/mol. The van der Waals surface area contributed by atoms with Gasteiger partial charge >= 0.3 is 0 Å². The van der Waals surface area contributed by atoms with Gasteiger partial charge in [-0.15, -0.1) is 0 Å². The maximum atomic E-state index is 9.10. The van der Waals surface area contributed by atoms with Crippen LogP contribution in [0, 0.1) is 0 Å². The highest BCUT2D eigenvalue weighted by molar-refractivity contribution is 4.64. The molecule has 0 saturated heterocycles. The lowest BCUT2D eigenvalue weighted by molar-refractivity contribution is -0.0649. The summed E-state index contributed by atoms with van der Waals surface area (Å²) in [6.07, 6.45) is -2.26. The van der Waals surface area contributed by atoms with Gasteiger partial charge in [0.1, 0.15) is 12.2 Å². The summed E-state index contributed by atoms with van der Waals surface area (Å²) in [4.78, 5) is 0. The fraction of sp³-hybridized carbons (Fsp3) is 1.00. The maximum Gasteiger partial charge on any atom is 0.105 e. The molecule has 2 atom stereocenters. The Hall–Kier alpha value is -0.240. The van der Waals surface area contributed by atoms with Crippen LogP contribution < -0.4 is 0 Å². The van der Waals surface area contributed by atoms with E-state index < -0.39 is 18.8 Å². The zero-order valence-electron chi connectivity index (χ0n) is 8.00. The first-order valence-electron chi connectivity index (χ1n) is 4.45. The van der Waals surface area contributed by atoms with Crippen LogP contribution in [0.3, 0.4) is 0 Å². The van der Waals surface area contributed by atoms with Gasteiger partial charge in [0, 0.05) is 0 Å². The third-order valence-electron chi connectivity index (χ3n) is 1.53. The number of rotatable bonds is 9. The molecular formula is C8H18O6. The second-order valence-electron chi connectivity index (χ2n) is 2.73. The highest BCUT2D eigenvalue weighted by Gasteiger charge is 2.14. The Labute approximate surface area is 82.7 Å². The van der Waals surface area contributed by atoms with E-state index in [2.05, 4.69) is 0 Å². The molecule has 0 radical (unpaired) electrons. The molecule has 0 aromatic rings. The van der Waals surface area contributed by atoms with Crippen molar-refractivity contribution in [1.82, 2.24) is 0 Å². The van der Waals surface area contributed by atoms with Gasteiger partial charge in [-0.2, -0.15) is 0 Å². The minimum atomic E-state index is -1.17. The van der Waals surface area contributed by atoms with Crippen molar-refractivity contribution < 1.29 is 29.9 Å². The molecule has 0 aromatic carbocycles. The molecule has 0 aliphatic rings. The second-order valence-corrected chi connectivity index (χ2v) is 2.73. The van der Waals surface area contributed by atoms with Gasteiger partial charge in [-0.25, -0.2) is 0 Å². The fourth-order valence-electron chi connectivity index (χ4n) is 0.721. The molecule has 2 unspecified atom stereocenters. The quantitative estimate of drug-likeness (QED) is 0.320. The third-order valence-corrected chi connectivity index (χ3v) is 1.53. The van der Waals surface area contributed by atoms with Gasteiger partial charge in [-0.1, -0.05) is 0 Å². The SMILES string of the molecule is OCCOCCOCC(O)C(O)CO. The minimum Gasteiger partial charge on any atom is -0.394 e. The smallest absolute Gasteiger partial charge is 0.105 e. The molecule has 6 heteroatoms. The van der Waals surface area contributed by atoms with E-state index in [1.165, 1.54) is 0 Å². The standard InChI is InChI=1S/C8H18O6/c9-1-2-13-3-4-14-6-8(12)7(11)5-10/h7-12H,1-6H2. The number of hydrogen-bond donors (Lipinski definition) is 4. The van der Waals surface area contributed by atoms with Crippen LogP contribution in [0.4, 0.5) is 0 Å². The van der Waals surface area contributed by atoms with Crippen molar-refractivity contribution in [3.05, 3.63) is 0 Å². The number of aliphatic hydroxyl groups is 4. The van der Waals surface area contributed by atoms with Gasteiger partial charge in [0.15, 0.2) is 0 Å². The van der Waals surface area contributed by atoms with Gasteiger partial charge in [-0.05, 0) is 0 Å². The molecule has 86 valence electrons. The van der Waals surface area contributed by atoms with Crippen LogP contribution in [-0.2, 0) is 9.47 Å². The molecule has 0 aliphatic carbocycles. The minimum absolute atomic E-state index is 0.0359. The van der Waals surface area contributed by atoms with Gasteiger partial charge in [-0.3, -0.25) is 0 Å². The Kier molecular flexibility index (Phi) is 9.16. The zero-order chi connectivity index (χ0) is 10.8. The molecule has 4 N–H and O–H groups in total. The van der Waals surface area contributed by atoms with Crippen LogP contribution in [0.2, 0.25) is 0 Å². The number of hydrogen-bond acceptors (Lipinski definition) is 6. The molecular weight excluding hydrogens is 192 g/mol. The van der Waals surface area contributed by atoms with Crippen LogP contribution in [0.15, 0.2) is 0 Å². The van der Waals surface area contributed by atoms with Gasteiger partial charge in [0.25, 0.3) is 0 Å². The predicted octanol–water partition coefficient (Wildman–Crippen LogP) is -2.27. The van der Waals surface area contributed by atoms with Gasteiger partial charge in [0.05, 0.1) is 39.6 Å². The molecule has 0 spiro atoms. The Balaban J connectivity index is 3.18. The Morgan fingerprint density at radius 2 is 1.50 bits per heavy atom. The molecule has 0 aromatic heterocycles. The summed E-state index contributed by atoms with van der Waals surface area (Å²) in [7, 11) is 0. The summed E-state index contributed by atoms with van der Waals surface area (Å²) in [5.74, 6) is 0. The highest BCUT2D eigenvalue weighted by atomic mass is 16.5. The van der Waals surface area contributed by atoms with Crippen molar-refractivity contribution in [1.29, 1.82) is 0 Å². The number of aliphatic hydroxyl groups excluding tert-OH is 4. The van der Waals surface area contributed by atoms with Crippen LogP contribution in [0.5, 0.6) is 0 Å². The molecule has 14 heavy (non-hydrogen) atoms. The van der Waals surface area contributed by atoms with E-state index in [-0.39, 0.29) is 26.4 Å². The monoisotopic (exact) mass is 210 g/mol. The first-order valence-corrected chi connectivity index (χ1v) is 4.45. The third kappa shape index (κ3) is 7.19. The van der Waals surface area contributed by atoms with Crippen molar-refractivity contribution in [2.75, 3.05) is 39.6 Å².